The molecule has 2 N–H and O–H groups in total. The molecule has 0 aliphatic carbocycles. The summed E-state index contributed by atoms with van der Waals surface area (Å²) in [7, 11) is 0. The maximum atomic E-state index is 11.0. The maximum Gasteiger partial charge on any atom is 0.315 e. The molecule has 0 aromatic heterocycles. The zero-order valence-corrected chi connectivity index (χ0v) is 8.60. The van der Waals surface area contributed by atoms with E-state index in [-0.39, 0.29) is 6.03 Å². The molecule has 2 amide bonds. The van der Waals surface area contributed by atoms with Gasteiger partial charge in [-0.1, -0.05) is 33.1 Å². The normalized spacial score (nSPS) is 27.1. The summed E-state index contributed by atoms with van der Waals surface area (Å²) in [4.78, 5) is 11.0. The number of carbonyl (C=O) groups excluding carboxylic acids is 1. The molecule has 1 aliphatic rings. The average molecular weight is 184 g/mol. The number of hydrogen-bond donors (Lipinski definition) is 2. The Kier molecular flexibility index (Phi) is 4.06. The van der Waals surface area contributed by atoms with E-state index >= 15 is 0 Å². The van der Waals surface area contributed by atoms with E-state index in [4.69, 9.17) is 0 Å². The van der Waals surface area contributed by atoms with Crippen molar-refractivity contribution in [2.24, 2.45) is 0 Å². The van der Waals surface area contributed by atoms with E-state index in [1.165, 1.54) is 19.3 Å². The molecule has 1 rings (SSSR count). The van der Waals surface area contributed by atoms with Crippen LogP contribution < -0.4 is 10.6 Å². The third-order valence-corrected chi connectivity index (χ3v) is 2.68. The van der Waals surface area contributed by atoms with Crippen LogP contribution in [0.25, 0.3) is 0 Å². The summed E-state index contributed by atoms with van der Waals surface area (Å²) >= 11 is 0. The third kappa shape index (κ3) is 2.90. The molecule has 0 saturated carbocycles. The summed E-state index contributed by atoms with van der Waals surface area (Å²) in [5, 5.41) is 5.89. The molecule has 0 bridgehead atoms. The van der Waals surface area contributed by atoms with Gasteiger partial charge in [-0.05, 0) is 12.8 Å². The minimum absolute atomic E-state index is 0.00773. The molecule has 76 valence electrons. The van der Waals surface area contributed by atoms with Gasteiger partial charge >= 0.3 is 6.03 Å². The molecular weight excluding hydrogens is 164 g/mol. The Hall–Kier alpha value is -0.730. The largest absolute Gasteiger partial charge is 0.333 e. The van der Waals surface area contributed by atoms with Crippen LogP contribution in [0.5, 0.6) is 0 Å². The van der Waals surface area contributed by atoms with E-state index in [1.54, 1.807) is 0 Å². The van der Waals surface area contributed by atoms with Crippen LogP contribution >= 0.6 is 0 Å². The van der Waals surface area contributed by atoms with Crippen molar-refractivity contribution in [2.45, 2.75) is 58.0 Å². The van der Waals surface area contributed by atoms with Gasteiger partial charge in [-0.2, -0.15) is 0 Å². The molecule has 13 heavy (non-hydrogen) atoms. The fraction of sp³-hybridized carbons (Fsp3) is 0.900. The predicted molar refractivity (Wildman–Crippen MR) is 53.7 cm³/mol. The number of nitrogens with one attached hydrogen (secondary N) is 2. The Balaban J connectivity index is 2.27. The van der Waals surface area contributed by atoms with E-state index in [1.807, 2.05) is 0 Å². The first-order valence-electron chi connectivity index (χ1n) is 5.35. The fourth-order valence-corrected chi connectivity index (χ4v) is 1.85. The Morgan fingerprint density at radius 3 is 2.46 bits per heavy atom. The Morgan fingerprint density at radius 1 is 1.15 bits per heavy atom. The highest BCUT2D eigenvalue weighted by Crippen LogP contribution is 2.12. The lowest BCUT2D eigenvalue weighted by Crippen LogP contribution is -2.32. The first-order valence-corrected chi connectivity index (χ1v) is 5.35. The number of hydrogen-bond acceptors (Lipinski definition) is 1. The second-order valence-electron chi connectivity index (χ2n) is 3.73. The number of urea groups is 1. The summed E-state index contributed by atoms with van der Waals surface area (Å²) in [6.07, 6.45) is 5.87. The first-order chi connectivity index (χ1) is 6.27. The van der Waals surface area contributed by atoms with E-state index in [0.717, 1.165) is 12.8 Å². The molecule has 3 heteroatoms. The summed E-state index contributed by atoms with van der Waals surface area (Å²) in [6, 6.07) is 0.724. The van der Waals surface area contributed by atoms with Crippen LogP contribution in [-0.4, -0.2) is 18.1 Å². The highest BCUT2D eigenvalue weighted by atomic mass is 16.2. The molecule has 0 unspecified atom stereocenters. The van der Waals surface area contributed by atoms with Crippen molar-refractivity contribution < 1.29 is 4.79 Å². The lowest BCUT2D eigenvalue weighted by Gasteiger charge is -2.15. The van der Waals surface area contributed by atoms with Crippen molar-refractivity contribution in [1.29, 1.82) is 0 Å². The van der Waals surface area contributed by atoms with Crippen molar-refractivity contribution >= 4 is 6.03 Å². The molecule has 3 nitrogen and oxygen atoms in total. The zero-order valence-electron chi connectivity index (χ0n) is 8.60. The van der Waals surface area contributed by atoms with Gasteiger partial charge < -0.3 is 10.6 Å². The molecule has 0 spiro atoms. The summed E-state index contributed by atoms with van der Waals surface area (Å²) in [6.45, 7) is 4.31. The SMILES string of the molecule is CCCCC[C@@H]1NC(=O)N[C@@H]1CC. The second-order valence-corrected chi connectivity index (χ2v) is 3.73. The van der Waals surface area contributed by atoms with Crippen molar-refractivity contribution in [1.82, 2.24) is 10.6 Å². The predicted octanol–water partition coefficient (Wildman–Crippen LogP) is 2.03. The molecule has 1 heterocycles. The van der Waals surface area contributed by atoms with E-state index in [0.29, 0.717) is 12.1 Å². The first kappa shape index (κ1) is 10.4. The molecule has 1 aliphatic heterocycles. The van der Waals surface area contributed by atoms with Crippen molar-refractivity contribution in [3.63, 3.8) is 0 Å². The van der Waals surface area contributed by atoms with Gasteiger partial charge in [0.1, 0.15) is 0 Å². The van der Waals surface area contributed by atoms with Gasteiger partial charge in [-0.25, -0.2) is 4.79 Å². The Bertz CT molecular complexity index is 170. The molecule has 1 fully saturated rings. The van der Waals surface area contributed by atoms with Crippen LogP contribution in [0.1, 0.15) is 46.0 Å². The summed E-state index contributed by atoms with van der Waals surface area (Å²) in [5.74, 6) is 0. The molecule has 0 radical (unpaired) electrons. The van der Waals surface area contributed by atoms with E-state index in [9.17, 15) is 4.79 Å². The highest BCUT2D eigenvalue weighted by molar-refractivity contribution is 5.77. The van der Waals surface area contributed by atoms with Crippen LogP contribution in [-0.2, 0) is 0 Å². The molecule has 0 aromatic rings. The molecule has 2 atom stereocenters. The van der Waals surface area contributed by atoms with E-state index in [2.05, 4.69) is 24.5 Å². The number of unbranched alkanes of at least 4 members (excludes halogenated alkanes) is 2. The lowest BCUT2D eigenvalue weighted by molar-refractivity contribution is 0.246. The molecule has 1 saturated heterocycles. The van der Waals surface area contributed by atoms with Crippen molar-refractivity contribution in [2.75, 3.05) is 0 Å². The molecular formula is C10H20N2O. The fourth-order valence-electron chi connectivity index (χ4n) is 1.85. The molecule has 0 aromatic carbocycles. The van der Waals surface area contributed by atoms with Crippen molar-refractivity contribution in [3.8, 4) is 0 Å². The lowest BCUT2D eigenvalue weighted by atomic mass is 10.0. The summed E-state index contributed by atoms with van der Waals surface area (Å²) in [5.41, 5.74) is 0. The van der Waals surface area contributed by atoms with Gasteiger partial charge in [-0.15, -0.1) is 0 Å². The Labute approximate surface area is 80.3 Å². The minimum Gasteiger partial charge on any atom is -0.333 e. The average Bonchev–Trinajstić information content (AvgIpc) is 2.47. The van der Waals surface area contributed by atoms with Gasteiger partial charge in [-0.3, -0.25) is 0 Å². The van der Waals surface area contributed by atoms with Gasteiger partial charge in [0.05, 0.1) is 12.1 Å². The highest BCUT2D eigenvalue weighted by Gasteiger charge is 2.28. The van der Waals surface area contributed by atoms with Crippen molar-refractivity contribution in [3.05, 3.63) is 0 Å². The monoisotopic (exact) mass is 184 g/mol. The van der Waals surface area contributed by atoms with Gasteiger partial charge in [0.2, 0.25) is 0 Å². The minimum atomic E-state index is 0.00773. The number of carbonyl (C=O) groups is 1. The smallest absolute Gasteiger partial charge is 0.315 e. The second kappa shape index (κ2) is 5.10. The van der Waals surface area contributed by atoms with Crippen LogP contribution in [0, 0.1) is 0 Å². The Morgan fingerprint density at radius 2 is 1.85 bits per heavy atom. The standard InChI is InChI=1S/C10H20N2O/c1-3-5-6-7-9-8(4-2)11-10(13)12-9/h8-9H,3-7H2,1-2H3,(H2,11,12,13)/t8-,9+/m1/s1. The topological polar surface area (TPSA) is 41.1 Å². The zero-order chi connectivity index (χ0) is 9.68. The van der Waals surface area contributed by atoms with Crippen LogP contribution in [0.15, 0.2) is 0 Å². The summed E-state index contributed by atoms with van der Waals surface area (Å²) < 4.78 is 0. The number of rotatable bonds is 5. The van der Waals surface area contributed by atoms with Gasteiger partial charge in [0, 0.05) is 0 Å². The van der Waals surface area contributed by atoms with Crippen LogP contribution in [0.4, 0.5) is 4.79 Å². The number of amides is 2. The van der Waals surface area contributed by atoms with Gasteiger partial charge in [0.15, 0.2) is 0 Å². The van der Waals surface area contributed by atoms with Crippen LogP contribution in [0.2, 0.25) is 0 Å². The van der Waals surface area contributed by atoms with Crippen LogP contribution in [0.3, 0.4) is 0 Å². The van der Waals surface area contributed by atoms with E-state index < -0.39 is 0 Å². The third-order valence-electron chi connectivity index (χ3n) is 2.68. The quantitative estimate of drug-likeness (QED) is 0.631. The maximum absolute atomic E-state index is 11.0. The van der Waals surface area contributed by atoms with Gasteiger partial charge in [0.25, 0.3) is 0 Å².